The Morgan fingerprint density at radius 3 is 2.44 bits per heavy atom. The number of hydrazone groups is 1. The van der Waals surface area contributed by atoms with E-state index in [1.54, 1.807) is 24.4 Å². The lowest BCUT2D eigenvalue weighted by atomic mass is 10.2. The minimum Gasteiger partial charge on any atom is -0.490 e. The van der Waals surface area contributed by atoms with Gasteiger partial charge in [0.1, 0.15) is 12.4 Å². The molecule has 1 amide bonds. The Balaban J connectivity index is 1.59. The van der Waals surface area contributed by atoms with E-state index < -0.39 is 0 Å². The summed E-state index contributed by atoms with van der Waals surface area (Å²) in [7, 11) is 0. The standard InChI is InChI=1S/C25H25ClN2O4/c1-3-30-23-13-10-20(15-24(23)31-4-2)25(29)28-27-16-19-6-5-7-22(14-19)32-17-18-8-11-21(26)12-9-18/h5-16H,3-4,17H2,1-2H3,(H,28,29)/b27-16+. The number of nitrogens with one attached hydrogen (secondary N) is 1. The highest BCUT2D eigenvalue weighted by Gasteiger charge is 2.11. The predicted molar refractivity (Wildman–Crippen MR) is 126 cm³/mol. The van der Waals surface area contributed by atoms with Crippen molar-refractivity contribution in [2.24, 2.45) is 5.10 Å². The van der Waals surface area contributed by atoms with E-state index in [0.29, 0.717) is 47.7 Å². The molecule has 0 aliphatic carbocycles. The predicted octanol–water partition coefficient (Wildman–Crippen LogP) is 5.48. The molecule has 0 aliphatic heterocycles. The molecule has 0 radical (unpaired) electrons. The Bertz CT molecular complexity index is 1070. The Kier molecular flexibility index (Phi) is 8.52. The van der Waals surface area contributed by atoms with E-state index in [-0.39, 0.29) is 5.91 Å². The Morgan fingerprint density at radius 2 is 1.69 bits per heavy atom. The zero-order valence-electron chi connectivity index (χ0n) is 18.0. The number of ether oxygens (including phenoxy) is 3. The lowest BCUT2D eigenvalue weighted by Crippen LogP contribution is -2.17. The molecule has 3 aromatic carbocycles. The fraction of sp³-hybridized carbons (Fsp3) is 0.200. The maximum Gasteiger partial charge on any atom is 0.271 e. The van der Waals surface area contributed by atoms with Crippen LogP contribution < -0.4 is 19.6 Å². The molecule has 0 bridgehead atoms. The number of carbonyl (C=O) groups is 1. The summed E-state index contributed by atoms with van der Waals surface area (Å²) in [4.78, 5) is 12.5. The first-order valence-corrected chi connectivity index (χ1v) is 10.7. The lowest BCUT2D eigenvalue weighted by molar-refractivity contribution is 0.0954. The number of halogens is 1. The molecule has 0 spiro atoms. The first kappa shape index (κ1) is 23.2. The lowest BCUT2D eigenvalue weighted by Gasteiger charge is -2.11. The van der Waals surface area contributed by atoms with E-state index in [1.807, 2.05) is 62.4 Å². The van der Waals surface area contributed by atoms with Crippen molar-refractivity contribution >= 4 is 23.7 Å². The van der Waals surface area contributed by atoms with Gasteiger partial charge in [0.05, 0.1) is 19.4 Å². The van der Waals surface area contributed by atoms with Crippen LogP contribution in [0, 0.1) is 0 Å². The molecule has 0 saturated heterocycles. The molecule has 0 unspecified atom stereocenters. The van der Waals surface area contributed by atoms with Crippen molar-refractivity contribution in [2.75, 3.05) is 13.2 Å². The quantitative estimate of drug-likeness (QED) is 0.326. The van der Waals surface area contributed by atoms with Gasteiger partial charge in [0.25, 0.3) is 5.91 Å². The molecule has 0 aliphatic rings. The third kappa shape index (κ3) is 6.75. The Labute approximate surface area is 192 Å². The van der Waals surface area contributed by atoms with E-state index in [9.17, 15) is 4.79 Å². The monoisotopic (exact) mass is 452 g/mol. The van der Waals surface area contributed by atoms with Crippen molar-refractivity contribution in [3.8, 4) is 17.2 Å². The van der Waals surface area contributed by atoms with Gasteiger partial charge in [-0.05, 0) is 67.4 Å². The van der Waals surface area contributed by atoms with Crippen LogP contribution in [-0.2, 0) is 6.61 Å². The zero-order chi connectivity index (χ0) is 22.8. The fourth-order valence-electron chi connectivity index (χ4n) is 2.85. The van der Waals surface area contributed by atoms with Crippen molar-refractivity contribution in [3.63, 3.8) is 0 Å². The molecule has 0 atom stereocenters. The van der Waals surface area contributed by atoms with Gasteiger partial charge in [-0.25, -0.2) is 5.43 Å². The topological polar surface area (TPSA) is 69.2 Å². The highest BCUT2D eigenvalue weighted by molar-refractivity contribution is 6.30. The number of rotatable bonds is 10. The van der Waals surface area contributed by atoms with Crippen LogP contribution in [0.3, 0.4) is 0 Å². The van der Waals surface area contributed by atoms with Crippen LogP contribution >= 0.6 is 11.6 Å². The number of amides is 1. The Hall–Kier alpha value is -3.51. The SMILES string of the molecule is CCOc1ccc(C(=O)N/N=C/c2cccc(OCc3ccc(Cl)cc3)c2)cc1OCC. The van der Waals surface area contributed by atoms with Crippen LogP contribution in [0.25, 0.3) is 0 Å². The first-order chi connectivity index (χ1) is 15.6. The number of carbonyl (C=O) groups excluding carboxylic acids is 1. The highest BCUT2D eigenvalue weighted by Crippen LogP contribution is 2.28. The average molecular weight is 453 g/mol. The molecule has 0 saturated carbocycles. The largest absolute Gasteiger partial charge is 0.490 e. The summed E-state index contributed by atoms with van der Waals surface area (Å²) in [6, 6.07) is 20.0. The molecule has 3 rings (SSSR count). The molecule has 6 nitrogen and oxygen atoms in total. The van der Waals surface area contributed by atoms with E-state index >= 15 is 0 Å². The maximum atomic E-state index is 12.5. The minimum absolute atomic E-state index is 0.347. The third-order valence-corrected chi connectivity index (χ3v) is 4.61. The van der Waals surface area contributed by atoms with Crippen LogP contribution in [0.2, 0.25) is 5.02 Å². The van der Waals surface area contributed by atoms with E-state index in [0.717, 1.165) is 11.1 Å². The molecule has 3 aromatic rings. The molecule has 166 valence electrons. The van der Waals surface area contributed by atoms with Gasteiger partial charge in [-0.1, -0.05) is 35.9 Å². The summed E-state index contributed by atoms with van der Waals surface area (Å²) < 4.78 is 16.9. The van der Waals surface area contributed by atoms with Crippen LogP contribution in [0.5, 0.6) is 17.2 Å². The summed E-state index contributed by atoms with van der Waals surface area (Å²) in [5.74, 6) is 1.48. The van der Waals surface area contributed by atoms with E-state index in [4.69, 9.17) is 25.8 Å². The third-order valence-electron chi connectivity index (χ3n) is 4.36. The molecule has 32 heavy (non-hydrogen) atoms. The molecule has 0 fully saturated rings. The van der Waals surface area contributed by atoms with Crippen LogP contribution in [0.1, 0.15) is 35.3 Å². The molecule has 0 aromatic heterocycles. The molecule has 1 N–H and O–H groups in total. The molecular formula is C25H25ClN2O4. The average Bonchev–Trinajstić information content (AvgIpc) is 2.80. The van der Waals surface area contributed by atoms with Gasteiger partial charge < -0.3 is 14.2 Å². The highest BCUT2D eigenvalue weighted by atomic mass is 35.5. The fourth-order valence-corrected chi connectivity index (χ4v) is 2.98. The van der Waals surface area contributed by atoms with Crippen LogP contribution in [0.4, 0.5) is 0 Å². The number of hydrogen-bond acceptors (Lipinski definition) is 5. The normalized spacial score (nSPS) is 10.7. The summed E-state index contributed by atoms with van der Waals surface area (Å²) in [5, 5.41) is 4.74. The Morgan fingerprint density at radius 1 is 0.938 bits per heavy atom. The second-order valence-corrected chi connectivity index (χ2v) is 7.15. The van der Waals surface area contributed by atoms with Gasteiger partial charge in [-0.15, -0.1) is 0 Å². The minimum atomic E-state index is -0.347. The van der Waals surface area contributed by atoms with Gasteiger partial charge in [-0.3, -0.25) is 4.79 Å². The van der Waals surface area contributed by atoms with E-state index in [2.05, 4.69) is 10.5 Å². The maximum absolute atomic E-state index is 12.5. The number of hydrogen-bond donors (Lipinski definition) is 1. The summed E-state index contributed by atoms with van der Waals surface area (Å²) in [6.45, 7) is 5.18. The van der Waals surface area contributed by atoms with Crippen molar-refractivity contribution in [1.29, 1.82) is 0 Å². The van der Waals surface area contributed by atoms with Crippen molar-refractivity contribution in [2.45, 2.75) is 20.5 Å². The van der Waals surface area contributed by atoms with Crippen molar-refractivity contribution < 1.29 is 19.0 Å². The second-order valence-electron chi connectivity index (χ2n) is 6.71. The van der Waals surface area contributed by atoms with E-state index in [1.165, 1.54) is 0 Å². The van der Waals surface area contributed by atoms with Crippen LogP contribution in [-0.4, -0.2) is 25.3 Å². The van der Waals surface area contributed by atoms with Crippen molar-refractivity contribution in [3.05, 3.63) is 88.4 Å². The summed E-state index contributed by atoms with van der Waals surface area (Å²) >= 11 is 5.90. The number of nitrogens with zero attached hydrogens (tertiary/aromatic N) is 1. The van der Waals surface area contributed by atoms with Gasteiger partial charge >= 0.3 is 0 Å². The molecular weight excluding hydrogens is 428 g/mol. The molecule has 7 heteroatoms. The van der Waals surface area contributed by atoms with Gasteiger partial charge in [0.15, 0.2) is 11.5 Å². The smallest absolute Gasteiger partial charge is 0.271 e. The molecule has 0 heterocycles. The zero-order valence-corrected chi connectivity index (χ0v) is 18.8. The van der Waals surface area contributed by atoms with Gasteiger partial charge in [-0.2, -0.15) is 5.10 Å². The van der Waals surface area contributed by atoms with Crippen molar-refractivity contribution in [1.82, 2.24) is 5.43 Å². The van der Waals surface area contributed by atoms with Crippen LogP contribution in [0.15, 0.2) is 71.8 Å². The van der Waals surface area contributed by atoms with Gasteiger partial charge in [0, 0.05) is 10.6 Å². The first-order valence-electron chi connectivity index (χ1n) is 10.3. The van der Waals surface area contributed by atoms with Gasteiger partial charge in [0.2, 0.25) is 0 Å². The summed E-state index contributed by atoms with van der Waals surface area (Å²) in [5.41, 5.74) is 4.77. The summed E-state index contributed by atoms with van der Waals surface area (Å²) in [6.07, 6.45) is 1.56. The second kappa shape index (κ2) is 11.8. The number of benzene rings is 3.